The lowest BCUT2D eigenvalue weighted by Gasteiger charge is -2.22. The van der Waals surface area contributed by atoms with Crippen LogP contribution < -0.4 is 22.1 Å². The van der Waals surface area contributed by atoms with E-state index in [1.165, 1.54) is 5.56 Å². The Balaban J connectivity index is 1.48. The average molecular weight is 484 g/mol. The molecule has 36 heavy (non-hydrogen) atoms. The fourth-order valence-corrected chi connectivity index (χ4v) is 4.97. The fourth-order valence-electron chi connectivity index (χ4n) is 4.97. The van der Waals surface area contributed by atoms with Crippen LogP contribution in [0.25, 0.3) is 11.1 Å². The Labute approximate surface area is 211 Å². The first-order valence-electron chi connectivity index (χ1n) is 12.7. The third kappa shape index (κ3) is 5.11. The van der Waals surface area contributed by atoms with Gasteiger partial charge in [0.15, 0.2) is 0 Å². The van der Waals surface area contributed by atoms with Gasteiger partial charge in [0.2, 0.25) is 5.91 Å². The van der Waals surface area contributed by atoms with Crippen molar-refractivity contribution in [1.29, 1.82) is 0 Å². The van der Waals surface area contributed by atoms with Crippen LogP contribution in [0, 0.1) is 5.92 Å². The zero-order valence-corrected chi connectivity index (χ0v) is 20.6. The molecular formula is C29H33N5O2. The maximum absolute atomic E-state index is 13.4. The summed E-state index contributed by atoms with van der Waals surface area (Å²) in [4.78, 5) is 30.9. The molecule has 1 aliphatic carbocycles. The molecule has 6 N–H and O–H groups in total. The molecule has 2 aromatic carbocycles. The number of nitrogens with two attached hydrogens (primary N) is 2. The highest BCUT2D eigenvalue weighted by atomic mass is 16.2. The van der Waals surface area contributed by atoms with Crippen LogP contribution in [-0.4, -0.2) is 16.8 Å². The van der Waals surface area contributed by atoms with E-state index in [0.29, 0.717) is 42.2 Å². The predicted molar refractivity (Wildman–Crippen MR) is 142 cm³/mol. The Kier molecular flexibility index (Phi) is 6.74. The summed E-state index contributed by atoms with van der Waals surface area (Å²) < 4.78 is 0. The highest BCUT2D eigenvalue weighted by Crippen LogP contribution is 2.42. The van der Waals surface area contributed by atoms with Crippen LogP contribution in [0.1, 0.15) is 78.2 Å². The van der Waals surface area contributed by atoms with Gasteiger partial charge < -0.3 is 22.1 Å². The Morgan fingerprint density at radius 3 is 2.69 bits per heavy atom. The van der Waals surface area contributed by atoms with Crippen molar-refractivity contribution in [2.45, 2.75) is 57.5 Å². The number of hydrogen-bond donors (Lipinski definition) is 4. The lowest BCUT2D eigenvalue weighted by atomic mass is 9.95. The summed E-state index contributed by atoms with van der Waals surface area (Å²) in [5, 5.41) is 6.28. The van der Waals surface area contributed by atoms with Crippen LogP contribution >= 0.6 is 0 Å². The third-order valence-corrected chi connectivity index (χ3v) is 7.28. The van der Waals surface area contributed by atoms with Gasteiger partial charge in [0.1, 0.15) is 0 Å². The van der Waals surface area contributed by atoms with Crippen molar-refractivity contribution in [3.63, 3.8) is 0 Å². The minimum absolute atomic E-state index is 0.0371. The quantitative estimate of drug-likeness (QED) is 0.393. The monoisotopic (exact) mass is 483 g/mol. The molecule has 186 valence electrons. The van der Waals surface area contributed by atoms with E-state index in [1.807, 2.05) is 49.4 Å². The molecule has 5 rings (SSSR count). The fraction of sp³-hybridized carbons (Fsp3) is 0.345. The summed E-state index contributed by atoms with van der Waals surface area (Å²) in [6.45, 7) is 2.41. The zero-order valence-electron chi connectivity index (χ0n) is 20.6. The van der Waals surface area contributed by atoms with Crippen LogP contribution in [0.2, 0.25) is 0 Å². The van der Waals surface area contributed by atoms with Gasteiger partial charge in [0, 0.05) is 35.5 Å². The SMILES string of the molecule is CC1CCCC(NC(=O)c2ccc(CN)c(C3CC3)c2)c2cc(ccn2)-c2ccc(N)cc2NC1=O. The number of nitrogens with zero attached hydrogens (tertiary/aromatic N) is 1. The summed E-state index contributed by atoms with van der Waals surface area (Å²) in [5.74, 6) is 0.178. The molecule has 7 heteroatoms. The number of anilines is 2. The minimum atomic E-state index is -0.275. The van der Waals surface area contributed by atoms with Crippen molar-refractivity contribution in [2.24, 2.45) is 11.7 Å². The molecule has 1 fully saturated rings. The Hall–Kier alpha value is -3.71. The molecule has 2 bridgehead atoms. The van der Waals surface area contributed by atoms with Crippen molar-refractivity contribution in [3.05, 3.63) is 77.1 Å². The Bertz CT molecular complexity index is 1300. The molecule has 2 atom stereocenters. The molecule has 1 saturated carbocycles. The van der Waals surface area contributed by atoms with Gasteiger partial charge in [0.25, 0.3) is 5.91 Å². The van der Waals surface area contributed by atoms with E-state index in [2.05, 4.69) is 15.6 Å². The molecule has 7 nitrogen and oxygen atoms in total. The number of benzene rings is 2. The number of carbonyl (C=O) groups is 2. The van der Waals surface area contributed by atoms with E-state index < -0.39 is 0 Å². The summed E-state index contributed by atoms with van der Waals surface area (Å²) in [6.07, 6.45) is 6.21. The number of hydrogen-bond acceptors (Lipinski definition) is 5. The van der Waals surface area contributed by atoms with Gasteiger partial charge in [-0.05, 0) is 84.7 Å². The van der Waals surface area contributed by atoms with Gasteiger partial charge in [-0.1, -0.05) is 25.5 Å². The van der Waals surface area contributed by atoms with Gasteiger partial charge in [0.05, 0.1) is 17.4 Å². The maximum atomic E-state index is 13.4. The number of pyridine rings is 1. The van der Waals surface area contributed by atoms with Gasteiger partial charge in [-0.2, -0.15) is 0 Å². The topological polar surface area (TPSA) is 123 Å². The van der Waals surface area contributed by atoms with Crippen molar-refractivity contribution >= 4 is 23.2 Å². The summed E-state index contributed by atoms with van der Waals surface area (Å²) in [5.41, 5.74) is 18.7. The van der Waals surface area contributed by atoms with Gasteiger partial charge >= 0.3 is 0 Å². The summed E-state index contributed by atoms with van der Waals surface area (Å²) in [6, 6.07) is 15.0. The molecular weight excluding hydrogens is 450 g/mol. The maximum Gasteiger partial charge on any atom is 0.251 e. The largest absolute Gasteiger partial charge is 0.399 e. The number of rotatable bonds is 4. The third-order valence-electron chi connectivity index (χ3n) is 7.28. The van der Waals surface area contributed by atoms with Crippen LogP contribution in [-0.2, 0) is 11.3 Å². The van der Waals surface area contributed by atoms with E-state index in [-0.39, 0.29) is 23.8 Å². The number of nitrogen functional groups attached to an aromatic ring is 1. The van der Waals surface area contributed by atoms with E-state index in [1.54, 1.807) is 12.3 Å². The van der Waals surface area contributed by atoms with Gasteiger partial charge in [-0.15, -0.1) is 0 Å². The lowest BCUT2D eigenvalue weighted by molar-refractivity contribution is -0.119. The highest BCUT2D eigenvalue weighted by molar-refractivity contribution is 5.97. The van der Waals surface area contributed by atoms with E-state index in [4.69, 9.17) is 11.5 Å². The van der Waals surface area contributed by atoms with E-state index >= 15 is 0 Å². The van der Waals surface area contributed by atoms with Crippen molar-refractivity contribution < 1.29 is 9.59 Å². The lowest BCUT2D eigenvalue weighted by Crippen LogP contribution is -2.30. The summed E-state index contributed by atoms with van der Waals surface area (Å²) in [7, 11) is 0. The molecule has 3 aromatic rings. The second-order valence-corrected chi connectivity index (χ2v) is 10.0. The number of amides is 2. The van der Waals surface area contributed by atoms with Crippen LogP contribution in [0.3, 0.4) is 0 Å². The molecule has 2 aliphatic rings. The molecule has 2 amide bonds. The van der Waals surface area contributed by atoms with Crippen LogP contribution in [0.5, 0.6) is 0 Å². The number of aromatic nitrogens is 1. The number of nitrogens with one attached hydrogen (secondary N) is 2. The van der Waals surface area contributed by atoms with Crippen LogP contribution in [0.4, 0.5) is 11.4 Å². The Morgan fingerprint density at radius 1 is 1.08 bits per heavy atom. The number of fused-ring (bicyclic) bond motifs is 4. The minimum Gasteiger partial charge on any atom is -0.399 e. The highest BCUT2D eigenvalue weighted by Gasteiger charge is 2.27. The molecule has 0 saturated heterocycles. The molecule has 2 unspecified atom stereocenters. The average Bonchev–Trinajstić information content (AvgIpc) is 3.72. The first-order chi connectivity index (χ1) is 17.4. The second kappa shape index (κ2) is 10.1. The number of carbonyl (C=O) groups excluding carboxylic acids is 2. The van der Waals surface area contributed by atoms with E-state index in [9.17, 15) is 9.59 Å². The van der Waals surface area contributed by atoms with Crippen molar-refractivity contribution in [1.82, 2.24) is 10.3 Å². The molecule has 0 spiro atoms. The molecule has 1 aliphatic heterocycles. The van der Waals surface area contributed by atoms with Gasteiger partial charge in [-0.3, -0.25) is 14.6 Å². The predicted octanol–water partition coefficient (Wildman–Crippen LogP) is 4.90. The van der Waals surface area contributed by atoms with Gasteiger partial charge in [-0.25, -0.2) is 0 Å². The van der Waals surface area contributed by atoms with E-state index in [0.717, 1.165) is 41.6 Å². The first kappa shape index (κ1) is 24.0. The standard InChI is InChI=1S/C29H33N5O2/c1-17-3-2-4-25(33-29(36)20-7-8-21(16-30)24(13-20)18-5-6-18)27-14-19(11-12-32-27)23-10-9-22(31)15-26(23)34-28(17)35/h7-15,17-18,25H,2-6,16,30-31H2,1H3,(H,33,36)(H,34,35). The molecule has 1 aromatic heterocycles. The van der Waals surface area contributed by atoms with Crippen molar-refractivity contribution in [3.8, 4) is 11.1 Å². The first-order valence-corrected chi connectivity index (χ1v) is 12.7. The Morgan fingerprint density at radius 2 is 1.92 bits per heavy atom. The zero-order chi connectivity index (χ0) is 25.2. The van der Waals surface area contributed by atoms with Crippen LogP contribution in [0.15, 0.2) is 54.7 Å². The smallest absolute Gasteiger partial charge is 0.251 e. The molecule has 2 heterocycles. The summed E-state index contributed by atoms with van der Waals surface area (Å²) >= 11 is 0. The second-order valence-electron chi connectivity index (χ2n) is 10.0. The van der Waals surface area contributed by atoms with Crippen molar-refractivity contribution in [2.75, 3.05) is 11.1 Å². The normalized spacial score (nSPS) is 19.9. The molecule has 0 radical (unpaired) electrons.